The number of aliphatic hydroxyl groups is 2. The minimum Gasteiger partial charge on any atom is -0.393 e. The Labute approximate surface area is 242 Å². The Balaban J connectivity index is 0.000000132. The van der Waals surface area contributed by atoms with Crippen LogP contribution in [0, 0.1) is 29.1 Å². The SMILES string of the molecule is C[C@]12CC[C@H]3[C@@H](CCC4=CC(=O)CC[C@@H]43)[C@@H]1CC[C@@H]2O.OC1(c2ccc(Cl)cc2)c2ccccc2C2=NCCN21. The molecule has 3 saturated carbocycles. The lowest BCUT2D eigenvalue weighted by Gasteiger charge is -2.53. The molecule has 2 heterocycles. The van der Waals surface area contributed by atoms with Gasteiger partial charge in [-0.15, -0.1) is 0 Å². The summed E-state index contributed by atoms with van der Waals surface area (Å²) in [7, 11) is 0. The van der Waals surface area contributed by atoms with Gasteiger partial charge in [-0.25, -0.2) is 0 Å². The molecule has 210 valence electrons. The highest BCUT2D eigenvalue weighted by molar-refractivity contribution is 6.30. The van der Waals surface area contributed by atoms with Gasteiger partial charge in [0.2, 0.25) is 0 Å². The number of carbonyl (C=O) groups excluding carboxylic acids is 1. The number of rotatable bonds is 1. The van der Waals surface area contributed by atoms with Crippen molar-refractivity contribution in [3.8, 4) is 0 Å². The second kappa shape index (κ2) is 9.82. The van der Waals surface area contributed by atoms with Gasteiger partial charge in [0.15, 0.2) is 11.5 Å². The summed E-state index contributed by atoms with van der Waals surface area (Å²) in [5.41, 5.74) is 3.23. The molecule has 0 bridgehead atoms. The number of hydrogen-bond acceptors (Lipinski definition) is 5. The van der Waals surface area contributed by atoms with E-state index in [1.807, 2.05) is 59.5 Å². The number of hydrogen-bond donors (Lipinski definition) is 2. The lowest BCUT2D eigenvalue weighted by Crippen LogP contribution is -2.47. The first-order chi connectivity index (χ1) is 19.3. The van der Waals surface area contributed by atoms with E-state index in [4.69, 9.17) is 11.6 Å². The van der Waals surface area contributed by atoms with Crippen molar-refractivity contribution in [1.29, 1.82) is 0 Å². The Morgan fingerprint density at radius 3 is 2.60 bits per heavy atom. The average Bonchev–Trinajstić information content (AvgIpc) is 3.64. The van der Waals surface area contributed by atoms with E-state index in [-0.39, 0.29) is 11.5 Å². The van der Waals surface area contributed by atoms with Crippen LogP contribution in [-0.4, -0.2) is 45.9 Å². The van der Waals surface area contributed by atoms with E-state index in [1.165, 1.54) is 31.3 Å². The summed E-state index contributed by atoms with van der Waals surface area (Å²) < 4.78 is 0. The molecule has 2 aromatic rings. The van der Waals surface area contributed by atoms with Crippen LogP contribution >= 0.6 is 11.6 Å². The van der Waals surface area contributed by atoms with Crippen LogP contribution in [0.3, 0.4) is 0 Å². The molecule has 0 saturated heterocycles. The maximum atomic E-state index is 11.6. The van der Waals surface area contributed by atoms with E-state index in [0.29, 0.717) is 16.7 Å². The first kappa shape index (κ1) is 26.4. The largest absolute Gasteiger partial charge is 0.393 e. The van der Waals surface area contributed by atoms with Gasteiger partial charge in [0.1, 0.15) is 5.84 Å². The summed E-state index contributed by atoms with van der Waals surface area (Å²) in [5, 5.41) is 22.4. The number of benzene rings is 2. The zero-order valence-electron chi connectivity index (χ0n) is 23.2. The summed E-state index contributed by atoms with van der Waals surface area (Å²) in [6.07, 6.45) is 10.9. The molecule has 2 N–H and O–H groups in total. The van der Waals surface area contributed by atoms with Crippen molar-refractivity contribution >= 4 is 23.2 Å². The fraction of sp³-hybridized carbons (Fsp3) is 0.529. The second-order valence-electron chi connectivity index (χ2n) is 13.0. The van der Waals surface area contributed by atoms with Crippen LogP contribution in [0.15, 0.2) is 65.2 Å². The summed E-state index contributed by atoms with van der Waals surface area (Å²) in [6, 6.07) is 15.3. The molecule has 0 radical (unpaired) electrons. The van der Waals surface area contributed by atoms with Crippen molar-refractivity contribution in [1.82, 2.24) is 4.90 Å². The molecular formula is C34H39ClN2O3. The number of nitrogens with zero attached hydrogens (tertiary/aromatic N) is 2. The van der Waals surface area contributed by atoms with Gasteiger partial charge < -0.3 is 15.1 Å². The summed E-state index contributed by atoms with van der Waals surface area (Å²) in [4.78, 5) is 18.2. The predicted octanol–water partition coefficient (Wildman–Crippen LogP) is 6.10. The van der Waals surface area contributed by atoms with E-state index in [2.05, 4.69) is 11.9 Å². The van der Waals surface area contributed by atoms with Gasteiger partial charge in [-0.1, -0.05) is 60.5 Å². The van der Waals surface area contributed by atoms with Crippen LogP contribution in [-0.2, 0) is 10.5 Å². The van der Waals surface area contributed by atoms with Crippen LogP contribution in [0.2, 0.25) is 5.02 Å². The number of aliphatic imine (C=N–C) groups is 1. The van der Waals surface area contributed by atoms with Gasteiger partial charge in [0.25, 0.3) is 0 Å². The molecule has 8 rings (SSSR count). The van der Waals surface area contributed by atoms with Crippen LogP contribution in [0.25, 0.3) is 0 Å². The third kappa shape index (κ3) is 3.95. The normalized spacial score (nSPS) is 37.2. The quantitative estimate of drug-likeness (QED) is 0.444. The molecule has 2 aliphatic heterocycles. The molecule has 4 aliphatic carbocycles. The first-order valence-corrected chi connectivity index (χ1v) is 15.5. The van der Waals surface area contributed by atoms with Crippen molar-refractivity contribution in [2.75, 3.05) is 13.1 Å². The number of allylic oxidation sites excluding steroid dienone is 1. The lowest BCUT2D eigenvalue weighted by atomic mass is 9.52. The molecule has 40 heavy (non-hydrogen) atoms. The Morgan fingerprint density at radius 1 is 0.975 bits per heavy atom. The minimum atomic E-state index is -1.14. The highest BCUT2D eigenvalue weighted by Crippen LogP contribution is 2.61. The van der Waals surface area contributed by atoms with E-state index < -0.39 is 5.72 Å². The topological polar surface area (TPSA) is 73.1 Å². The van der Waals surface area contributed by atoms with Gasteiger partial charge in [-0.2, -0.15) is 0 Å². The van der Waals surface area contributed by atoms with E-state index >= 15 is 0 Å². The monoisotopic (exact) mass is 558 g/mol. The Bertz CT molecular complexity index is 1390. The molecule has 6 aliphatic rings. The molecule has 0 aromatic heterocycles. The Kier molecular flexibility index (Phi) is 6.49. The summed E-state index contributed by atoms with van der Waals surface area (Å²) >= 11 is 5.96. The molecule has 7 atom stereocenters. The van der Waals surface area contributed by atoms with E-state index in [0.717, 1.165) is 79.1 Å². The lowest BCUT2D eigenvalue weighted by molar-refractivity contribution is -0.116. The predicted molar refractivity (Wildman–Crippen MR) is 157 cm³/mol. The van der Waals surface area contributed by atoms with Gasteiger partial charge in [-0.05, 0) is 92.2 Å². The summed E-state index contributed by atoms with van der Waals surface area (Å²) in [5.74, 6) is 4.27. The van der Waals surface area contributed by atoms with Gasteiger partial charge in [-0.3, -0.25) is 9.79 Å². The van der Waals surface area contributed by atoms with Gasteiger partial charge in [0, 0.05) is 34.7 Å². The van der Waals surface area contributed by atoms with E-state index in [9.17, 15) is 15.0 Å². The fourth-order valence-electron chi connectivity index (χ4n) is 9.27. The fourth-order valence-corrected chi connectivity index (χ4v) is 9.39. The number of ketones is 1. The third-order valence-electron chi connectivity index (χ3n) is 11.3. The van der Waals surface area contributed by atoms with Crippen molar-refractivity contribution < 1.29 is 15.0 Å². The molecule has 6 heteroatoms. The summed E-state index contributed by atoms with van der Waals surface area (Å²) in [6.45, 7) is 3.78. The highest BCUT2D eigenvalue weighted by atomic mass is 35.5. The molecule has 2 aromatic carbocycles. The van der Waals surface area contributed by atoms with Crippen molar-refractivity contribution in [3.63, 3.8) is 0 Å². The molecule has 0 amide bonds. The van der Waals surface area contributed by atoms with E-state index in [1.54, 1.807) is 0 Å². The average molecular weight is 559 g/mol. The number of aliphatic hydroxyl groups excluding tert-OH is 1. The van der Waals surface area contributed by atoms with Crippen LogP contribution < -0.4 is 0 Å². The van der Waals surface area contributed by atoms with Crippen molar-refractivity contribution in [3.05, 3.63) is 81.9 Å². The third-order valence-corrected chi connectivity index (χ3v) is 11.5. The maximum absolute atomic E-state index is 11.6. The molecule has 1 unspecified atom stereocenters. The minimum absolute atomic E-state index is 0.0710. The smallest absolute Gasteiger partial charge is 0.193 e. The zero-order chi connectivity index (χ0) is 27.6. The molecular weight excluding hydrogens is 520 g/mol. The zero-order valence-corrected chi connectivity index (χ0v) is 24.0. The number of carbonyl (C=O) groups is 1. The highest BCUT2D eigenvalue weighted by Gasteiger charge is 2.56. The first-order valence-electron chi connectivity index (χ1n) is 15.1. The number of halogens is 1. The van der Waals surface area contributed by atoms with Crippen LogP contribution in [0.5, 0.6) is 0 Å². The standard InChI is InChI=1S/C18H26O2.C16H13ClN2O/c1-18-9-8-14-13-5-3-12(19)10-11(13)2-4-15(14)16(18)6-7-17(18)20;17-12-7-5-11(6-8-12)16(20)14-4-2-1-3-13(14)15-18-9-10-19(15)16/h10,13-17,20H,2-9H2,1H3;1-8,20H,9-10H2/t13-,14+,15+,16-,17-,18-;/m0./s1. The van der Waals surface area contributed by atoms with Gasteiger partial charge in [0.05, 0.1) is 12.6 Å². The van der Waals surface area contributed by atoms with Gasteiger partial charge >= 0.3 is 0 Å². The van der Waals surface area contributed by atoms with Crippen LogP contribution in [0.4, 0.5) is 0 Å². The second-order valence-corrected chi connectivity index (χ2v) is 13.5. The Morgan fingerprint density at radius 2 is 1.77 bits per heavy atom. The molecule has 3 fully saturated rings. The Hall–Kier alpha value is -2.47. The molecule has 5 nitrogen and oxygen atoms in total. The van der Waals surface area contributed by atoms with Crippen molar-refractivity contribution in [2.24, 2.45) is 34.1 Å². The van der Waals surface area contributed by atoms with Crippen molar-refractivity contribution in [2.45, 2.75) is 70.1 Å². The molecule has 0 spiro atoms. The van der Waals surface area contributed by atoms with Crippen LogP contribution in [0.1, 0.15) is 75.0 Å². The number of fused-ring (bicyclic) bond motifs is 8. The maximum Gasteiger partial charge on any atom is 0.193 e. The number of amidine groups is 1.